The number of hydrogen-bond donors (Lipinski definition) is 0. The molecule has 0 spiro atoms. The molecule has 200 valence electrons. The smallest absolute Gasteiger partial charge is 0.144 e. The maximum atomic E-state index is 6.73. The van der Waals surface area contributed by atoms with Crippen LogP contribution in [0.4, 0.5) is 0 Å². The molecule has 0 bridgehead atoms. The van der Waals surface area contributed by atoms with Crippen molar-refractivity contribution in [1.29, 1.82) is 0 Å². The first-order valence-electron chi connectivity index (χ1n) is 13.6. The van der Waals surface area contributed by atoms with Crippen molar-refractivity contribution in [3.8, 4) is 46.0 Å². The van der Waals surface area contributed by atoms with Gasteiger partial charge in [0.1, 0.15) is 46.0 Å². The maximum Gasteiger partial charge on any atom is 0.144 e. The second-order valence-corrected chi connectivity index (χ2v) is 19.2. The summed E-state index contributed by atoms with van der Waals surface area (Å²) in [6, 6.07) is 31.8. The first-order valence-corrected chi connectivity index (χ1v) is 19.2. The van der Waals surface area contributed by atoms with Crippen molar-refractivity contribution in [3.05, 3.63) is 109 Å². The molecule has 42 heavy (non-hydrogen) atoms. The normalized spacial score (nSPS) is 21.0. The van der Waals surface area contributed by atoms with Gasteiger partial charge in [-0.2, -0.15) is 0 Å². The molecule has 8 heteroatoms. The fraction of sp³-hybridized carbons (Fsp3) is 0. The molecule has 4 aliphatic rings. The molecular formula is C34H18O4P2S2. The lowest BCUT2D eigenvalue weighted by molar-refractivity contribution is 0.466. The molecule has 0 N–H and O–H groups in total. The minimum absolute atomic E-state index is 0.754. The molecule has 0 aliphatic carbocycles. The van der Waals surface area contributed by atoms with Crippen LogP contribution in [0.5, 0.6) is 46.0 Å². The summed E-state index contributed by atoms with van der Waals surface area (Å²) in [5.74, 6) is 6.26. The highest BCUT2D eigenvalue weighted by Crippen LogP contribution is 2.62. The van der Waals surface area contributed by atoms with Crippen molar-refractivity contribution < 1.29 is 18.9 Å². The monoisotopic (exact) mass is 616 g/mol. The van der Waals surface area contributed by atoms with Crippen molar-refractivity contribution in [1.82, 2.24) is 0 Å². The van der Waals surface area contributed by atoms with Crippen molar-refractivity contribution in [2.75, 3.05) is 0 Å². The summed E-state index contributed by atoms with van der Waals surface area (Å²) >= 11 is 13.4. The van der Waals surface area contributed by atoms with E-state index in [-0.39, 0.29) is 0 Å². The molecule has 10 rings (SSSR count). The van der Waals surface area contributed by atoms with E-state index >= 15 is 0 Å². The highest BCUT2D eigenvalue weighted by Gasteiger charge is 2.45. The third kappa shape index (κ3) is 2.71. The minimum Gasteiger partial charge on any atom is -0.456 e. The van der Waals surface area contributed by atoms with Crippen LogP contribution in [0.15, 0.2) is 109 Å². The van der Waals surface area contributed by atoms with Gasteiger partial charge in [0.15, 0.2) is 0 Å². The summed E-state index contributed by atoms with van der Waals surface area (Å²) in [7, 11) is 0. The van der Waals surface area contributed by atoms with Crippen LogP contribution in [0.3, 0.4) is 0 Å². The minimum atomic E-state index is -2.46. The van der Waals surface area contributed by atoms with Gasteiger partial charge in [-0.1, -0.05) is 60.0 Å². The molecule has 0 saturated heterocycles. The van der Waals surface area contributed by atoms with Crippen molar-refractivity contribution >= 4 is 78.3 Å². The molecule has 6 aromatic rings. The zero-order valence-corrected chi connectivity index (χ0v) is 25.2. The molecule has 0 radical (unpaired) electrons. The van der Waals surface area contributed by atoms with Crippen LogP contribution in [0, 0.1) is 0 Å². The van der Waals surface area contributed by atoms with E-state index in [2.05, 4.69) is 36.4 Å². The zero-order chi connectivity index (χ0) is 27.8. The van der Waals surface area contributed by atoms with E-state index in [1.807, 2.05) is 72.8 Å². The molecule has 4 heterocycles. The Kier molecular flexibility index (Phi) is 4.45. The van der Waals surface area contributed by atoms with Gasteiger partial charge in [0.05, 0.1) is 22.7 Å². The van der Waals surface area contributed by atoms with E-state index in [9.17, 15) is 0 Å². The standard InChI is InChI=1S/C34H18O4P2S2/c41-39-27-13-3-1-7-21(27)35-23-9-5-11-25(33(23)39)37-31-19-16-18-30-32(20(19)15-17-29(31)39)38-26-12-6-10-24-34(26)40(30,42)28-14-4-2-8-22(28)36-24/h1-18H. The van der Waals surface area contributed by atoms with Gasteiger partial charge in [-0.05, 0) is 72.8 Å². The van der Waals surface area contributed by atoms with Gasteiger partial charge < -0.3 is 18.9 Å². The molecule has 2 atom stereocenters. The largest absolute Gasteiger partial charge is 0.456 e. The Morgan fingerprint density at radius 1 is 0.357 bits per heavy atom. The molecule has 0 amide bonds. The van der Waals surface area contributed by atoms with Gasteiger partial charge in [0, 0.05) is 32.0 Å². The molecule has 0 aromatic heterocycles. The molecule has 4 aliphatic heterocycles. The molecular weight excluding hydrogens is 598 g/mol. The molecule has 6 aromatic carbocycles. The Morgan fingerprint density at radius 3 is 1.19 bits per heavy atom. The molecule has 2 unspecified atom stereocenters. The van der Waals surface area contributed by atoms with Gasteiger partial charge in [-0.15, -0.1) is 0 Å². The lowest BCUT2D eigenvalue weighted by Crippen LogP contribution is -2.36. The third-order valence-corrected chi connectivity index (χ3v) is 18.3. The highest BCUT2D eigenvalue weighted by molar-refractivity contribution is 8.26. The summed E-state index contributed by atoms with van der Waals surface area (Å²) in [5, 5.41) is 8.03. The maximum absolute atomic E-state index is 6.73. The third-order valence-electron chi connectivity index (χ3n) is 8.57. The number of rotatable bonds is 0. The van der Waals surface area contributed by atoms with Gasteiger partial charge >= 0.3 is 0 Å². The lowest BCUT2D eigenvalue weighted by atomic mass is 10.1. The summed E-state index contributed by atoms with van der Waals surface area (Å²) in [4.78, 5) is 0. The van der Waals surface area contributed by atoms with E-state index < -0.39 is 12.1 Å². The Morgan fingerprint density at radius 2 is 0.738 bits per heavy atom. The number of hydrogen-bond acceptors (Lipinski definition) is 6. The molecule has 0 fully saturated rings. The summed E-state index contributed by atoms with van der Waals surface area (Å²) in [5.41, 5.74) is 0. The SMILES string of the molecule is S=P12c3ccccc3Oc3cccc(c31)Oc1c2ccc2c3c(ccc12)P1(=S)c2ccccc2Oc2cccc(c21)O3. The topological polar surface area (TPSA) is 36.9 Å². The quantitative estimate of drug-likeness (QED) is 0.175. The highest BCUT2D eigenvalue weighted by atomic mass is 32.4. The number of para-hydroxylation sites is 2. The van der Waals surface area contributed by atoms with E-state index in [1.165, 1.54) is 0 Å². The fourth-order valence-electron chi connectivity index (χ4n) is 6.80. The van der Waals surface area contributed by atoms with Gasteiger partial charge in [0.2, 0.25) is 0 Å². The zero-order valence-electron chi connectivity index (χ0n) is 21.7. The Labute approximate surface area is 251 Å². The number of fused-ring (bicyclic) bond motifs is 11. The summed E-state index contributed by atoms with van der Waals surface area (Å²) in [6.45, 7) is 0. The average Bonchev–Trinajstić information content (AvgIpc) is 3.01. The van der Waals surface area contributed by atoms with Gasteiger partial charge in [0.25, 0.3) is 0 Å². The van der Waals surface area contributed by atoms with Crippen LogP contribution in [0.2, 0.25) is 0 Å². The van der Waals surface area contributed by atoms with Crippen LogP contribution in [0.25, 0.3) is 10.8 Å². The summed E-state index contributed by atoms with van der Waals surface area (Å²) < 4.78 is 26.1. The van der Waals surface area contributed by atoms with Gasteiger partial charge in [-0.25, -0.2) is 0 Å². The van der Waals surface area contributed by atoms with Crippen LogP contribution < -0.4 is 50.8 Å². The number of benzene rings is 6. The molecule has 4 nitrogen and oxygen atoms in total. The molecule has 0 saturated carbocycles. The fourth-order valence-corrected chi connectivity index (χ4v) is 15.8. The van der Waals surface area contributed by atoms with E-state index in [1.54, 1.807) is 0 Å². The first-order chi connectivity index (χ1) is 20.6. The predicted octanol–water partition coefficient (Wildman–Crippen LogP) is 6.77. The van der Waals surface area contributed by atoms with E-state index in [4.69, 9.17) is 42.6 Å². The van der Waals surface area contributed by atoms with Gasteiger partial charge in [-0.3, -0.25) is 0 Å². The van der Waals surface area contributed by atoms with Crippen LogP contribution in [-0.4, -0.2) is 0 Å². The Bertz CT molecular complexity index is 2180. The second-order valence-electron chi connectivity index (χ2n) is 10.7. The Balaban J connectivity index is 1.28. The Hall–Kier alpha value is -3.92. The van der Waals surface area contributed by atoms with Crippen LogP contribution in [-0.2, 0) is 23.6 Å². The van der Waals surface area contributed by atoms with Crippen molar-refractivity contribution in [2.24, 2.45) is 0 Å². The van der Waals surface area contributed by atoms with E-state index in [0.29, 0.717) is 0 Å². The van der Waals surface area contributed by atoms with Crippen molar-refractivity contribution in [2.45, 2.75) is 0 Å². The second kappa shape index (κ2) is 7.92. The van der Waals surface area contributed by atoms with Crippen LogP contribution >= 0.6 is 12.1 Å². The predicted molar refractivity (Wildman–Crippen MR) is 176 cm³/mol. The number of ether oxygens (including phenoxy) is 4. The average molecular weight is 617 g/mol. The lowest BCUT2D eigenvalue weighted by Gasteiger charge is -2.39. The summed E-state index contributed by atoms with van der Waals surface area (Å²) in [6.07, 6.45) is 0. The van der Waals surface area contributed by atoms with E-state index in [0.717, 1.165) is 88.6 Å². The van der Waals surface area contributed by atoms with Crippen molar-refractivity contribution in [3.63, 3.8) is 0 Å². The van der Waals surface area contributed by atoms with Crippen LogP contribution in [0.1, 0.15) is 0 Å². The first kappa shape index (κ1) is 23.6.